The van der Waals surface area contributed by atoms with E-state index in [0.29, 0.717) is 23.6 Å². The minimum Gasteiger partial charge on any atom is -0.336 e. The van der Waals surface area contributed by atoms with Gasteiger partial charge in [-0.25, -0.2) is 4.39 Å². The van der Waals surface area contributed by atoms with Gasteiger partial charge in [0.15, 0.2) is 0 Å². The van der Waals surface area contributed by atoms with Gasteiger partial charge in [-0.2, -0.15) is 0 Å². The molecule has 1 aliphatic rings. The van der Waals surface area contributed by atoms with Gasteiger partial charge >= 0.3 is 0 Å². The van der Waals surface area contributed by atoms with E-state index in [9.17, 15) is 9.18 Å². The van der Waals surface area contributed by atoms with E-state index in [1.54, 1.807) is 17.0 Å². The van der Waals surface area contributed by atoms with Gasteiger partial charge in [0.05, 0.1) is 0 Å². The van der Waals surface area contributed by atoms with Crippen LogP contribution in [0.15, 0.2) is 30.9 Å². The number of carbonyl (C=O) groups excluding carboxylic acids is 1. The Morgan fingerprint density at radius 2 is 2.39 bits per heavy atom. The van der Waals surface area contributed by atoms with Crippen LogP contribution in [0.4, 0.5) is 4.39 Å². The van der Waals surface area contributed by atoms with Crippen LogP contribution in [0.5, 0.6) is 0 Å². The highest BCUT2D eigenvalue weighted by Crippen LogP contribution is 2.26. The fourth-order valence-corrected chi connectivity index (χ4v) is 2.66. The van der Waals surface area contributed by atoms with Crippen LogP contribution in [0.1, 0.15) is 18.4 Å². The molecule has 4 heteroatoms. The quantitative estimate of drug-likeness (QED) is 0.770. The SMILES string of the molecule is C=CC(=O)N1CCCC1Cc1c(F)cccc1Cl. The maximum Gasteiger partial charge on any atom is 0.246 e. The molecule has 1 saturated heterocycles. The number of hydrogen-bond acceptors (Lipinski definition) is 1. The molecule has 0 saturated carbocycles. The first-order valence-corrected chi connectivity index (χ1v) is 6.37. The van der Waals surface area contributed by atoms with Crippen molar-refractivity contribution >= 4 is 17.5 Å². The fraction of sp³-hybridized carbons (Fsp3) is 0.357. The average Bonchev–Trinajstić information content (AvgIpc) is 2.81. The molecule has 96 valence electrons. The molecule has 0 N–H and O–H groups in total. The number of amides is 1. The van der Waals surface area contributed by atoms with Crippen molar-refractivity contribution in [3.63, 3.8) is 0 Å². The molecule has 2 nitrogen and oxygen atoms in total. The first-order chi connectivity index (χ1) is 8.63. The van der Waals surface area contributed by atoms with Crippen LogP contribution in [-0.2, 0) is 11.2 Å². The van der Waals surface area contributed by atoms with Crippen LogP contribution in [0.25, 0.3) is 0 Å². The molecule has 1 unspecified atom stereocenters. The largest absolute Gasteiger partial charge is 0.336 e. The van der Waals surface area contributed by atoms with Gasteiger partial charge in [0, 0.05) is 23.2 Å². The number of benzene rings is 1. The van der Waals surface area contributed by atoms with Crippen molar-refractivity contribution in [3.8, 4) is 0 Å². The number of halogens is 2. The second kappa shape index (κ2) is 5.53. The van der Waals surface area contributed by atoms with Gasteiger partial charge in [-0.05, 0) is 37.5 Å². The lowest BCUT2D eigenvalue weighted by Crippen LogP contribution is -2.35. The predicted molar refractivity (Wildman–Crippen MR) is 70.0 cm³/mol. The summed E-state index contributed by atoms with van der Waals surface area (Å²) in [5, 5.41) is 0.424. The smallest absolute Gasteiger partial charge is 0.246 e. The zero-order valence-corrected chi connectivity index (χ0v) is 10.8. The monoisotopic (exact) mass is 267 g/mol. The number of likely N-dealkylation sites (tertiary alicyclic amines) is 1. The number of carbonyl (C=O) groups is 1. The molecule has 18 heavy (non-hydrogen) atoms. The lowest BCUT2D eigenvalue weighted by Gasteiger charge is -2.24. The Balaban J connectivity index is 2.18. The summed E-state index contributed by atoms with van der Waals surface area (Å²) in [6.07, 6.45) is 3.59. The second-order valence-corrected chi connectivity index (χ2v) is 4.84. The summed E-state index contributed by atoms with van der Waals surface area (Å²) in [6.45, 7) is 4.20. The summed E-state index contributed by atoms with van der Waals surface area (Å²) in [5.41, 5.74) is 0.493. The van der Waals surface area contributed by atoms with Crippen LogP contribution in [0.3, 0.4) is 0 Å². The van der Waals surface area contributed by atoms with E-state index >= 15 is 0 Å². The maximum atomic E-state index is 13.7. The maximum absolute atomic E-state index is 13.7. The van der Waals surface area contributed by atoms with Crippen molar-refractivity contribution in [2.45, 2.75) is 25.3 Å². The number of nitrogens with zero attached hydrogens (tertiary/aromatic N) is 1. The Labute approximate surface area is 111 Å². The topological polar surface area (TPSA) is 20.3 Å². The lowest BCUT2D eigenvalue weighted by molar-refractivity contribution is -0.126. The molecule has 1 aromatic rings. The van der Waals surface area contributed by atoms with Crippen molar-refractivity contribution in [1.29, 1.82) is 0 Å². The minimum absolute atomic E-state index is 0.0184. The molecule has 1 amide bonds. The highest BCUT2D eigenvalue weighted by atomic mass is 35.5. The molecular formula is C14H15ClFNO. The van der Waals surface area contributed by atoms with Gasteiger partial charge in [-0.3, -0.25) is 4.79 Å². The summed E-state index contributed by atoms with van der Waals surface area (Å²) in [7, 11) is 0. The van der Waals surface area contributed by atoms with Crippen molar-refractivity contribution in [1.82, 2.24) is 4.90 Å². The molecule has 0 spiro atoms. The van der Waals surface area contributed by atoms with E-state index in [0.717, 1.165) is 12.8 Å². The first kappa shape index (κ1) is 13.1. The molecule has 1 atom stereocenters. The molecule has 2 rings (SSSR count). The first-order valence-electron chi connectivity index (χ1n) is 5.99. The van der Waals surface area contributed by atoms with Crippen LogP contribution >= 0.6 is 11.6 Å². The average molecular weight is 268 g/mol. The number of hydrogen-bond donors (Lipinski definition) is 0. The lowest BCUT2D eigenvalue weighted by atomic mass is 10.0. The van der Waals surface area contributed by atoms with Gasteiger partial charge < -0.3 is 4.90 Å². The Bertz CT molecular complexity index is 455. The van der Waals surface area contributed by atoms with Crippen LogP contribution in [0.2, 0.25) is 5.02 Å². The van der Waals surface area contributed by atoms with E-state index in [1.165, 1.54) is 12.1 Å². The number of rotatable bonds is 3. The molecule has 1 aromatic carbocycles. The van der Waals surface area contributed by atoms with Crippen LogP contribution in [-0.4, -0.2) is 23.4 Å². The van der Waals surface area contributed by atoms with E-state index in [-0.39, 0.29) is 17.8 Å². The highest BCUT2D eigenvalue weighted by molar-refractivity contribution is 6.31. The molecule has 1 heterocycles. The molecule has 0 aromatic heterocycles. The van der Waals surface area contributed by atoms with Crippen molar-refractivity contribution in [3.05, 3.63) is 47.3 Å². The Morgan fingerprint density at radius 3 is 3.06 bits per heavy atom. The van der Waals surface area contributed by atoms with Crippen molar-refractivity contribution in [2.24, 2.45) is 0 Å². The van der Waals surface area contributed by atoms with Crippen molar-refractivity contribution in [2.75, 3.05) is 6.54 Å². The normalized spacial score (nSPS) is 19.0. The van der Waals surface area contributed by atoms with Crippen LogP contribution < -0.4 is 0 Å². The molecule has 1 fully saturated rings. The van der Waals surface area contributed by atoms with Gasteiger partial charge in [0.25, 0.3) is 0 Å². The summed E-state index contributed by atoms with van der Waals surface area (Å²) in [4.78, 5) is 13.4. The van der Waals surface area contributed by atoms with E-state index < -0.39 is 0 Å². The van der Waals surface area contributed by atoms with Gasteiger partial charge in [0.1, 0.15) is 5.82 Å². The van der Waals surface area contributed by atoms with Gasteiger partial charge in [-0.15, -0.1) is 0 Å². The third-order valence-electron chi connectivity index (χ3n) is 3.34. The summed E-state index contributed by atoms with van der Waals surface area (Å²) >= 11 is 6.01. The third-order valence-corrected chi connectivity index (χ3v) is 3.69. The van der Waals surface area contributed by atoms with E-state index in [1.807, 2.05) is 0 Å². The summed E-state index contributed by atoms with van der Waals surface area (Å²) in [6, 6.07) is 4.68. The summed E-state index contributed by atoms with van der Waals surface area (Å²) in [5.74, 6) is -0.398. The zero-order chi connectivity index (χ0) is 13.1. The van der Waals surface area contributed by atoms with Gasteiger partial charge in [0.2, 0.25) is 5.91 Å². The zero-order valence-electron chi connectivity index (χ0n) is 10.0. The summed E-state index contributed by atoms with van der Waals surface area (Å²) < 4.78 is 13.7. The molecule has 0 aliphatic carbocycles. The Kier molecular flexibility index (Phi) is 4.02. The minimum atomic E-state index is -0.305. The van der Waals surface area contributed by atoms with Crippen LogP contribution in [0, 0.1) is 5.82 Å². The fourth-order valence-electron chi connectivity index (χ4n) is 2.42. The van der Waals surface area contributed by atoms with Gasteiger partial charge in [-0.1, -0.05) is 24.2 Å². The standard InChI is InChI=1S/C14H15ClFNO/c1-2-14(18)17-8-4-5-10(17)9-11-12(15)6-3-7-13(11)16/h2-3,6-7,10H,1,4-5,8-9H2. The second-order valence-electron chi connectivity index (χ2n) is 4.44. The molecule has 0 bridgehead atoms. The third kappa shape index (κ3) is 2.56. The molecule has 0 radical (unpaired) electrons. The Hall–Kier alpha value is -1.35. The predicted octanol–water partition coefficient (Wildman–Crippen LogP) is 3.20. The van der Waals surface area contributed by atoms with E-state index in [4.69, 9.17) is 11.6 Å². The Morgan fingerprint density at radius 1 is 1.61 bits per heavy atom. The van der Waals surface area contributed by atoms with E-state index in [2.05, 4.69) is 6.58 Å². The molecular weight excluding hydrogens is 253 g/mol. The van der Waals surface area contributed by atoms with Crippen molar-refractivity contribution < 1.29 is 9.18 Å². The highest BCUT2D eigenvalue weighted by Gasteiger charge is 2.28. The molecule has 1 aliphatic heterocycles.